The molecule has 7 heteroatoms. The summed E-state index contributed by atoms with van der Waals surface area (Å²) in [6.07, 6.45) is -1.15. The first-order chi connectivity index (χ1) is 7.41. The molecule has 0 aliphatic rings. The van der Waals surface area contributed by atoms with Crippen molar-refractivity contribution in [2.24, 2.45) is 0 Å². The molecule has 2 unspecified atom stereocenters. The van der Waals surface area contributed by atoms with Gasteiger partial charge >= 0.3 is 5.97 Å². The van der Waals surface area contributed by atoms with Gasteiger partial charge in [-0.3, -0.25) is 4.79 Å². The maximum atomic E-state index is 11.6. The predicted molar refractivity (Wildman–Crippen MR) is 62.6 cm³/mol. The van der Waals surface area contributed by atoms with Gasteiger partial charge in [0.15, 0.2) is 6.04 Å². The fourth-order valence-corrected chi connectivity index (χ4v) is 2.18. The van der Waals surface area contributed by atoms with Crippen LogP contribution in [0.3, 0.4) is 0 Å². The average molecular weight is 308 g/mol. The van der Waals surface area contributed by atoms with Gasteiger partial charge in [-0.1, -0.05) is 0 Å². The molecule has 1 rings (SSSR count). The van der Waals surface area contributed by atoms with Crippen LogP contribution in [0.4, 0.5) is 0 Å². The van der Waals surface area contributed by atoms with Crippen molar-refractivity contribution in [3.63, 3.8) is 0 Å². The molecule has 1 aromatic rings. The van der Waals surface area contributed by atoms with Gasteiger partial charge in [0.2, 0.25) is 0 Å². The van der Waals surface area contributed by atoms with E-state index in [1.54, 1.807) is 11.4 Å². The number of halogens is 1. The van der Waals surface area contributed by atoms with Gasteiger partial charge in [-0.25, -0.2) is 4.79 Å². The van der Waals surface area contributed by atoms with Gasteiger partial charge in [0.1, 0.15) is 0 Å². The maximum absolute atomic E-state index is 11.6. The van der Waals surface area contributed by atoms with Crippen LogP contribution in [0.25, 0.3) is 0 Å². The molecule has 0 aliphatic carbocycles. The summed E-state index contributed by atoms with van der Waals surface area (Å²) < 4.78 is 0.779. The third kappa shape index (κ3) is 3.29. The van der Waals surface area contributed by atoms with Crippen LogP contribution < -0.4 is 5.32 Å². The van der Waals surface area contributed by atoms with Crippen molar-refractivity contribution in [1.82, 2.24) is 5.32 Å². The monoisotopic (exact) mass is 307 g/mol. The Morgan fingerprint density at radius 2 is 2.19 bits per heavy atom. The van der Waals surface area contributed by atoms with Gasteiger partial charge < -0.3 is 15.5 Å². The Labute approximate surface area is 104 Å². The highest BCUT2D eigenvalue weighted by atomic mass is 79.9. The van der Waals surface area contributed by atoms with Crippen molar-refractivity contribution in [3.05, 3.63) is 20.8 Å². The molecule has 0 aliphatic heterocycles. The topological polar surface area (TPSA) is 86.6 Å². The second-order valence-corrected chi connectivity index (χ2v) is 5.46. The number of amides is 1. The number of aliphatic carboxylic acids is 1. The lowest BCUT2D eigenvalue weighted by Crippen LogP contribution is -2.47. The highest BCUT2D eigenvalue weighted by molar-refractivity contribution is 9.11. The number of aliphatic hydroxyl groups excluding tert-OH is 1. The smallest absolute Gasteiger partial charge is 0.328 e. The summed E-state index contributed by atoms with van der Waals surface area (Å²) in [6, 6.07) is 0.284. The SMILES string of the molecule is CC(O)C(NC(=O)c1csc(Br)c1)C(=O)O. The molecule has 0 bridgehead atoms. The number of carbonyl (C=O) groups is 2. The highest BCUT2D eigenvalue weighted by Gasteiger charge is 2.25. The minimum atomic E-state index is -1.30. The lowest BCUT2D eigenvalue weighted by Gasteiger charge is -2.16. The third-order valence-corrected chi connectivity index (χ3v) is 3.37. The van der Waals surface area contributed by atoms with Crippen LogP contribution in [0.2, 0.25) is 0 Å². The molecule has 3 N–H and O–H groups in total. The molecular weight excluding hydrogens is 298 g/mol. The van der Waals surface area contributed by atoms with E-state index in [0.717, 1.165) is 3.79 Å². The van der Waals surface area contributed by atoms with Gasteiger partial charge in [0, 0.05) is 5.38 Å². The molecule has 88 valence electrons. The summed E-state index contributed by atoms with van der Waals surface area (Å²) in [5.74, 6) is -1.78. The minimum absolute atomic E-state index is 0.365. The summed E-state index contributed by atoms with van der Waals surface area (Å²) in [6.45, 7) is 1.31. The van der Waals surface area contributed by atoms with Crippen LogP contribution in [0.1, 0.15) is 17.3 Å². The van der Waals surface area contributed by atoms with Gasteiger partial charge in [0.05, 0.1) is 15.5 Å². The molecule has 0 saturated heterocycles. The zero-order chi connectivity index (χ0) is 12.3. The minimum Gasteiger partial charge on any atom is -0.480 e. The van der Waals surface area contributed by atoms with E-state index in [2.05, 4.69) is 21.2 Å². The zero-order valence-corrected chi connectivity index (χ0v) is 10.7. The molecule has 5 nitrogen and oxygen atoms in total. The molecular formula is C9H10BrNO4S. The molecule has 0 fully saturated rings. The summed E-state index contributed by atoms with van der Waals surface area (Å²) in [5, 5.41) is 21.8. The highest BCUT2D eigenvalue weighted by Crippen LogP contribution is 2.20. The second kappa shape index (κ2) is 5.42. The molecule has 1 amide bonds. The van der Waals surface area contributed by atoms with E-state index in [1.165, 1.54) is 18.3 Å². The van der Waals surface area contributed by atoms with Crippen molar-refractivity contribution in [2.75, 3.05) is 0 Å². The fraction of sp³-hybridized carbons (Fsp3) is 0.333. The molecule has 0 radical (unpaired) electrons. The van der Waals surface area contributed by atoms with E-state index in [4.69, 9.17) is 5.11 Å². The van der Waals surface area contributed by atoms with Crippen molar-refractivity contribution < 1.29 is 19.8 Å². The zero-order valence-electron chi connectivity index (χ0n) is 8.31. The molecule has 16 heavy (non-hydrogen) atoms. The first-order valence-electron chi connectivity index (χ1n) is 4.37. The predicted octanol–water partition coefficient (Wildman–Crippen LogP) is 1.07. The van der Waals surface area contributed by atoms with Gasteiger partial charge in [-0.15, -0.1) is 11.3 Å². The van der Waals surface area contributed by atoms with Crippen molar-refractivity contribution in [3.8, 4) is 0 Å². The molecule has 1 heterocycles. The van der Waals surface area contributed by atoms with Crippen LogP contribution in [-0.4, -0.2) is 34.2 Å². The lowest BCUT2D eigenvalue weighted by atomic mass is 10.1. The van der Waals surface area contributed by atoms with E-state index >= 15 is 0 Å². The van der Waals surface area contributed by atoms with E-state index in [1.807, 2.05) is 0 Å². The standard InChI is InChI=1S/C9H10BrNO4S/c1-4(12)7(9(14)15)11-8(13)5-2-6(10)16-3-5/h2-4,7,12H,1H3,(H,11,13)(H,14,15). The van der Waals surface area contributed by atoms with Crippen LogP contribution in [0.5, 0.6) is 0 Å². The Morgan fingerprint density at radius 3 is 2.56 bits per heavy atom. The second-order valence-electron chi connectivity index (χ2n) is 3.17. The molecule has 0 saturated carbocycles. The number of hydrogen-bond acceptors (Lipinski definition) is 4. The van der Waals surface area contributed by atoms with Crippen LogP contribution in [-0.2, 0) is 4.79 Å². The van der Waals surface area contributed by atoms with E-state index < -0.39 is 24.0 Å². The molecule has 0 aromatic carbocycles. The number of carbonyl (C=O) groups excluding carboxylic acids is 1. The molecule has 0 spiro atoms. The number of aliphatic hydroxyl groups is 1. The Morgan fingerprint density at radius 1 is 1.56 bits per heavy atom. The Balaban J connectivity index is 2.73. The van der Waals surface area contributed by atoms with E-state index in [0.29, 0.717) is 5.56 Å². The molecule has 2 atom stereocenters. The summed E-state index contributed by atoms with van der Waals surface area (Å²) >= 11 is 4.52. The van der Waals surface area contributed by atoms with Crippen molar-refractivity contribution >= 4 is 39.1 Å². The summed E-state index contributed by atoms with van der Waals surface area (Å²) in [7, 11) is 0. The van der Waals surface area contributed by atoms with Gasteiger partial charge in [-0.05, 0) is 28.9 Å². The maximum Gasteiger partial charge on any atom is 0.328 e. The van der Waals surface area contributed by atoms with Crippen LogP contribution in [0.15, 0.2) is 15.2 Å². The number of thiophene rings is 1. The summed E-state index contributed by atoms with van der Waals surface area (Å²) in [5.41, 5.74) is 0.365. The number of carboxylic acids is 1. The van der Waals surface area contributed by atoms with Crippen LogP contribution in [0, 0.1) is 0 Å². The summed E-state index contributed by atoms with van der Waals surface area (Å²) in [4.78, 5) is 22.3. The number of rotatable bonds is 4. The van der Waals surface area contributed by atoms with Crippen LogP contribution >= 0.6 is 27.3 Å². The van der Waals surface area contributed by atoms with E-state index in [-0.39, 0.29) is 0 Å². The Bertz CT molecular complexity index is 404. The number of nitrogens with one attached hydrogen (secondary N) is 1. The number of carboxylic acid groups (broad SMARTS) is 1. The first-order valence-corrected chi connectivity index (χ1v) is 6.05. The first kappa shape index (κ1) is 13.1. The normalized spacial score (nSPS) is 14.2. The quantitative estimate of drug-likeness (QED) is 0.777. The van der Waals surface area contributed by atoms with E-state index in [9.17, 15) is 14.7 Å². The fourth-order valence-electron chi connectivity index (χ4n) is 1.04. The Kier molecular flexibility index (Phi) is 4.45. The molecule has 1 aromatic heterocycles. The van der Waals surface area contributed by atoms with Gasteiger partial charge in [0.25, 0.3) is 5.91 Å². The van der Waals surface area contributed by atoms with Crippen molar-refractivity contribution in [1.29, 1.82) is 0 Å². The number of hydrogen-bond donors (Lipinski definition) is 3. The van der Waals surface area contributed by atoms with Crippen molar-refractivity contribution in [2.45, 2.75) is 19.1 Å². The Hall–Kier alpha value is -0.920. The largest absolute Gasteiger partial charge is 0.480 e. The lowest BCUT2D eigenvalue weighted by molar-refractivity contribution is -0.141. The average Bonchev–Trinajstić information content (AvgIpc) is 2.59. The third-order valence-electron chi connectivity index (χ3n) is 1.86. The van der Waals surface area contributed by atoms with Gasteiger partial charge in [-0.2, -0.15) is 0 Å².